The zero-order valence-electron chi connectivity index (χ0n) is 11.3. The third kappa shape index (κ3) is 4.24. The number of aryl methyl sites for hydroxylation is 2. The Labute approximate surface area is 120 Å². The summed E-state index contributed by atoms with van der Waals surface area (Å²) in [7, 11) is 0. The number of nitrogens with zero attached hydrogens (tertiary/aromatic N) is 1. The van der Waals surface area contributed by atoms with Gasteiger partial charge in [0, 0.05) is 11.4 Å². The molecule has 0 saturated heterocycles. The molecule has 0 aliphatic rings. The van der Waals surface area contributed by atoms with E-state index in [4.69, 9.17) is 0 Å². The van der Waals surface area contributed by atoms with Crippen molar-refractivity contribution >= 4 is 23.4 Å². The summed E-state index contributed by atoms with van der Waals surface area (Å²) in [5, 5.41) is 3.36. The van der Waals surface area contributed by atoms with E-state index < -0.39 is 5.69 Å². The van der Waals surface area contributed by atoms with E-state index >= 15 is 0 Å². The third-order valence-corrected chi connectivity index (χ3v) is 3.42. The zero-order valence-corrected chi connectivity index (χ0v) is 12.1. The van der Waals surface area contributed by atoms with Crippen molar-refractivity contribution in [2.45, 2.75) is 18.9 Å². The Morgan fingerprint density at radius 1 is 1.35 bits per heavy atom. The molecule has 1 heterocycles. The van der Waals surface area contributed by atoms with E-state index in [-0.39, 0.29) is 11.7 Å². The lowest BCUT2D eigenvalue weighted by Gasteiger charge is -2.05. The van der Waals surface area contributed by atoms with Crippen LogP contribution < -0.4 is 11.0 Å². The van der Waals surface area contributed by atoms with Gasteiger partial charge in [0.15, 0.2) is 0 Å². The Morgan fingerprint density at radius 2 is 2.15 bits per heavy atom. The minimum Gasteiger partial charge on any atom is -0.325 e. The van der Waals surface area contributed by atoms with E-state index in [1.54, 1.807) is 13.0 Å². The molecular formula is C14H15N3O2S. The third-order valence-electron chi connectivity index (χ3n) is 2.51. The van der Waals surface area contributed by atoms with Crippen molar-refractivity contribution in [1.29, 1.82) is 0 Å². The van der Waals surface area contributed by atoms with Crippen molar-refractivity contribution in [2.24, 2.45) is 0 Å². The van der Waals surface area contributed by atoms with Crippen LogP contribution in [0.5, 0.6) is 0 Å². The molecule has 0 fully saturated rings. The van der Waals surface area contributed by atoms with Crippen LogP contribution in [0.15, 0.2) is 40.2 Å². The lowest BCUT2D eigenvalue weighted by atomic mass is 10.2. The maximum absolute atomic E-state index is 11.8. The van der Waals surface area contributed by atoms with Crippen LogP contribution >= 0.6 is 11.8 Å². The fraction of sp³-hybridized carbons (Fsp3) is 0.214. The Morgan fingerprint density at radius 3 is 2.85 bits per heavy atom. The van der Waals surface area contributed by atoms with Crippen LogP contribution in [-0.2, 0) is 4.79 Å². The molecule has 0 radical (unpaired) electrons. The van der Waals surface area contributed by atoms with Crippen LogP contribution in [0.3, 0.4) is 0 Å². The average molecular weight is 289 g/mol. The van der Waals surface area contributed by atoms with Gasteiger partial charge >= 0.3 is 5.69 Å². The maximum atomic E-state index is 11.8. The van der Waals surface area contributed by atoms with Crippen LogP contribution in [0.2, 0.25) is 0 Å². The quantitative estimate of drug-likeness (QED) is 0.668. The summed E-state index contributed by atoms with van der Waals surface area (Å²) >= 11 is 1.24. The number of hydrogen-bond donors (Lipinski definition) is 2. The smallest absolute Gasteiger partial charge is 0.325 e. The van der Waals surface area contributed by atoms with Gasteiger partial charge in [-0.1, -0.05) is 23.9 Å². The van der Waals surface area contributed by atoms with Crippen LogP contribution in [0.25, 0.3) is 0 Å². The lowest BCUT2D eigenvalue weighted by Crippen LogP contribution is -2.16. The van der Waals surface area contributed by atoms with Gasteiger partial charge in [-0.3, -0.25) is 4.79 Å². The van der Waals surface area contributed by atoms with E-state index in [0.29, 0.717) is 5.03 Å². The van der Waals surface area contributed by atoms with Crippen molar-refractivity contribution in [1.82, 2.24) is 9.97 Å². The number of benzene rings is 1. The number of hydrogen-bond acceptors (Lipinski definition) is 4. The van der Waals surface area contributed by atoms with Crippen LogP contribution in [0.4, 0.5) is 5.69 Å². The van der Waals surface area contributed by atoms with Crippen LogP contribution in [0.1, 0.15) is 11.3 Å². The molecule has 0 atom stereocenters. The molecule has 2 rings (SSSR count). The predicted molar refractivity (Wildman–Crippen MR) is 80.1 cm³/mol. The highest BCUT2D eigenvalue weighted by atomic mass is 32.2. The van der Waals surface area contributed by atoms with Crippen molar-refractivity contribution in [3.63, 3.8) is 0 Å². The number of anilines is 1. The highest BCUT2D eigenvalue weighted by molar-refractivity contribution is 7.99. The van der Waals surface area contributed by atoms with Gasteiger partial charge in [0.05, 0.1) is 5.75 Å². The molecule has 1 amide bonds. The van der Waals surface area contributed by atoms with E-state index in [9.17, 15) is 9.59 Å². The summed E-state index contributed by atoms with van der Waals surface area (Å²) in [5.74, 6) is 0.0874. The minimum atomic E-state index is -0.397. The predicted octanol–water partition coefficient (Wildman–Crippen LogP) is 2.12. The van der Waals surface area contributed by atoms with Gasteiger partial charge in [0.2, 0.25) is 5.91 Å². The van der Waals surface area contributed by atoms with Crippen LogP contribution in [0, 0.1) is 13.8 Å². The van der Waals surface area contributed by atoms with Crippen molar-refractivity contribution in [2.75, 3.05) is 11.1 Å². The molecule has 5 nitrogen and oxygen atoms in total. The number of carbonyl (C=O) groups excluding carboxylic acids is 1. The molecule has 1 aromatic heterocycles. The number of amides is 1. The fourth-order valence-corrected chi connectivity index (χ4v) is 2.44. The van der Waals surface area contributed by atoms with E-state index in [1.165, 1.54) is 11.8 Å². The van der Waals surface area contributed by atoms with E-state index in [0.717, 1.165) is 16.9 Å². The molecule has 1 aromatic carbocycles. The minimum absolute atomic E-state index is 0.125. The summed E-state index contributed by atoms with van der Waals surface area (Å²) in [6.07, 6.45) is 0. The molecule has 20 heavy (non-hydrogen) atoms. The molecule has 6 heteroatoms. The monoisotopic (exact) mass is 289 g/mol. The van der Waals surface area contributed by atoms with Gasteiger partial charge in [-0.05, 0) is 37.6 Å². The molecule has 0 spiro atoms. The number of aromatic amines is 1. The Bertz CT molecular complexity index is 682. The standard InChI is InChI=1S/C14H15N3O2S/c1-9-4-3-5-11(6-9)16-12(18)8-20-13-7-10(2)15-14(19)17-13/h3-7H,8H2,1-2H3,(H,16,18)(H,15,17,19). The molecule has 0 aliphatic carbocycles. The molecule has 2 N–H and O–H groups in total. The molecule has 0 bridgehead atoms. The Hall–Kier alpha value is -2.08. The SMILES string of the molecule is Cc1cccc(NC(=O)CSc2cc(C)[nH]c(=O)n2)c1. The van der Waals surface area contributed by atoms with E-state index in [2.05, 4.69) is 15.3 Å². The largest absolute Gasteiger partial charge is 0.346 e. The Kier molecular flexibility index (Phi) is 4.57. The number of rotatable bonds is 4. The second-order valence-electron chi connectivity index (χ2n) is 4.41. The van der Waals surface area contributed by atoms with Gasteiger partial charge in [0.1, 0.15) is 5.03 Å². The Balaban J connectivity index is 1.93. The lowest BCUT2D eigenvalue weighted by molar-refractivity contribution is -0.113. The molecule has 104 valence electrons. The second-order valence-corrected chi connectivity index (χ2v) is 5.41. The first-order valence-electron chi connectivity index (χ1n) is 6.10. The number of nitrogens with one attached hydrogen (secondary N) is 2. The number of thioether (sulfide) groups is 1. The zero-order chi connectivity index (χ0) is 14.5. The van der Waals surface area contributed by atoms with Crippen molar-refractivity contribution in [3.8, 4) is 0 Å². The molecule has 0 aliphatic heterocycles. The topological polar surface area (TPSA) is 74.8 Å². The van der Waals surface area contributed by atoms with Crippen LogP contribution in [-0.4, -0.2) is 21.6 Å². The molecular weight excluding hydrogens is 274 g/mol. The second kappa shape index (κ2) is 6.38. The highest BCUT2D eigenvalue weighted by Crippen LogP contribution is 2.15. The van der Waals surface area contributed by atoms with Gasteiger partial charge in [-0.2, -0.15) is 4.98 Å². The normalized spacial score (nSPS) is 10.3. The molecule has 2 aromatic rings. The summed E-state index contributed by atoms with van der Waals surface area (Å²) in [5.41, 5.74) is 2.19. The maximum Gasteiger partial charge on any atom is 0.346 e. The van der Waals surface area contributed by atoms with Crippen molar-refractivity contribution < 1.29 is 4.79 Å². The first-order valence-corrected chi connectivity index (χ1v) is 7.09. The van der Waals surface area contributed by atoms with Gasteiger partial charge in [-0.25, -0.2) is 4.79 Å². The van der Waals surface area contributed by atoms with Gasteiger partial charge in [0.25, 0.3) is 0 Å². The molecule has 0 unspecified atom stereocenters. The van der Waals surface area contributed by atoms with Crippen molar-refractivity contribution in [3.05, 3.63) is 52.1 Å². The van der Waals surface area contributed by atoms with E-state index in [1.807, 2.05) is 31.2 Å². The molecule has 0 saturated carbocycles. The first-order chi connectivity index (χ1) is 9.52. The van der Waals surface area contributed by atoms with Gasteiger partial charge < -0.3 is 10.3 Å². The number of carbonyl (C=O) groups is 1. The first kappa shape index (κ1) is 14.3. The number of aromatic nitrogens is 2. The fourth-order valence-electron chi connectivity index (χ4n) is 1.68. The summed E-state index contributed by atoms with van der Waals surface area (Å²) in [6, 6.07) is 9.34. The summed E-state index contributed by atoms with van der Waals surface area (Å²) < 4.78 is 0. The summed E-state index contributed by atoms with van der Waals surface area (Å²) in [4.78, 5) is 29.4. The van der Waals surface area contributed by atoms with Gasteiger partial charge in [-0.15, -0.1) is 0 Å². The number of H-pyrrole nitrogens is 1. The highest BCUT2D eigenvalue weighted by Gasteiger charge is 2.05. The average Bonchev–Trinajstić information content (AvgIpc) is 2.35. The summed E-state index contributed by atoms with van der Waals surface area (Å²) in [6.45, 7) is 3.74.